The lowest BCUT2D eigenvalue weighted by Gasteiger charge is -2.09. The van der Waals surface area contributed by atoms with Crippen LogP contribution in [0.1, 0.15) is 18.4 Å². The van der Waals surface area contributed by atoms with Gasteiger partial charge < -0.3 is 0 Å². The second-order valence-corrected chi connectivity index (χ2v) is 3.77. The number of benzene rings is 1. The van der Waals surface area contributed by atoms with Crippen molar-refractivity contribution in [2.45, 2.75) is 18.3 Å². The van der Waals surface area contributed by atoms with E-state index in [1.807, 2.05) is 0 Å². The van der Waals surface area contributed by atoms with Gasteiger partial charge in [0, 0.05) is 5.56 Å². The minimum Gasteiger partial charge on any atom is -0.258 e. The fourth-order valence-corrected chi connectivity index (χ4v) is 1.66. The highest BCUT2D eigenvalue weighted by Crippen LogP contribution is 2.49. The highest BCUT2D eigenvalue weighted by atomic mass is 19.1. The summed E-state index contributed by atoms with van der Waals surface area (Å²) in [6.45, 7) is 0. The van der Waals surface area contributed by atoms with Crippen LogP contribution < -0.4 is 0 Å². The summed E-state index contributed by atoms with van der Waals surface area (Å²) < 4.78 is 26.8. The number of rotatable bonds is 2. The molecule has 16 heavy (non-hydrogen) atoms. The Morgan fingerprint density at radius 1 is 1.38 bits per heavy atom. The Bertz CT molecular complexity index is 515. The van der Waals surface area contributed by atoms with Gasteiger partial charge in [0.05, 0.1) is 16.4 Å². The lowest BCUT2D eigenvalue weighted by molar-refractivity contribution is -0.387. The van der Waals surface area contributed by atoms with Crippen molar-refractivity contribution in [1.29, 1.82) is 0 Å². The number of terminal acetylenes is 1. The zero-order chi connectivity index (χ0) is 11.9. The third kappa shape index (κ3) is 1.43. The Morgan fingerprint density at radius 2 is 2.00 bits per heavy atom. The van der Waals surface area contributed by atoms with Crippen molar-refractivity contribution in [2.75, 3.05) is 0 Å². The van der Waals surface area contributed by atoms with Gasteiger partial charge >= 0.3 is 5.69 Å². The minimum absolute atomic E-state index is 0.0399. The quantitative estimate of drug-likeness (QED) is 0.439. The third-order valence-corrected chi connectivity index (χ3v) is 2.78. The molecule has 1 fully saturated rings. The molecule has 0 saturated heterocycles. The molecule has 5 heteroatoms. The van der Waals surface area contributed by atoms with Crippen LogP contribution in [0.2, 0.25) is 0 Å². The fraction of sp³-hybridized carbons (Fsp3) is 0.273. The molecule has 0 heterocycles. The van der Waals surface area contributed by atoms with Crippen molar-refractivity contribution >= 4 is 5.69 Å². The largest absolute Gasteiger partial charge is 0.307 e. The van der Waals surface area contributed by atoms with Crippen molar-refractivity contribution in [1.82, 2.24) is 0 Å². The van der Waals surface area contributed by atoms with Crippen molar-refractivity contribution in [3.8, 4) is 12.3 Å². The minimum atomic E-state index is -1.05. The number of halogens is 2. The molecule has 0 spiro atoms. The molecular weight excluding hydrogens is 216 g/mol. The van der Waals surface area contributed by atoms with Gasteiger partial charge in [0.15, 0.2) is 0 Å². The van der Waals surface area contributed by atoms with Crippen LogP contribution in [0.15, 0.2) is 12.1 Å². The molecule has 0 N–H and O–H groups in total. The molecule has 2 rings (SSSR count). The van der Waals surface area contributed by atoms with Crippen LogP contribution in [-0.4, -0.2) is 4.92 Å². The van der Waals surface area contributed by atoms with Crippen LogP contribution in [0, 0.1) is 34.1 Å². The first kappa shape index (κ1) is 10.6. The molecule has 0 unspecified atom stereocenters. The van der Waals surface area contributed by atoms with Crippen LogP contribution in [0.4, 0.5) is 14.5 Å². The summed E-state index contributed by atoms with van der Waals surface area (Å²) in [4.78, 5) is 9.42. The second kappa shape index (κ2) is 3.27. The molecule has 0 amide bonds. The maximum Gasteiger partial charge on any atom is 0.307 e. The van der Waals surface area contributed by atoms with E-state index < -0.39 is 27.7 Å². The Kier molecular flexibility index (Phi) is 2.16. The topological polar surface area (TPSA) is 43.1 Å². The fourth-order valence-electron chi connectivity index (χ4n) is 1.66. The summed E-state index contributed by atoms with van der Waals surface area (Å²) in [6, 6.07) is 1.42. The van der Waals surface area contributed by atoms with Gasteiger partial charge in [-0.15, -0.1) is 6.42 Å². The summed E-state index contributed by atoms with van der Waals surface area (Å²) in [6.07, 6.45) is 6.41. The molecule has 1 saturated carbocycles. The third-order valence-electron chi connectivity index (χ3n) is 2.78. The molecular formula is C11H7F2NO2. The predicted molar refractivity (Wildman–Crippen MR) is 52.8 cm³/mol. The van der Waals surface area contributed by atoms with E-state index in [2.05, 4.69) is 5.92 Å². The number of nitro groups is 1. The standard InChI is InChI=1S/C11H7F2NO2/c1-2-11(3-4-11)7-5-9(13)10(14(15)16)6-8(7)12/h1,5-6H,3-4H2. The van der Waals surface area contributed by atoms with Crippen molar-refractivity contribution in [2.24, 2.45) is 0 Å². The molecule has 0 atom stereocenters. The molecule has 1 aliphatic rings. The van der Waals surface area contributed by atoms with E-state index in [1.165, 1.54) is 0 Å². The van der Waals surface area contributed by atoms with E-state index in [9.17, 15) is 18.9 Å². The molecule has 82 valence electrons. The maximum absolute atomic E-state index is 13.5. The summed E-state index contributed by atoms with van der Waals surface area (Å²) in [7, 11) is 0. The molecule has 0 aromatic heterocycles. The SMILES string of the molecule is C#CC1(c2cc(F)c([N+](=O)[O-])cc2F)CC1. The number of nitro benzene ring substituents is 1. The Morgan fingerprint density at radius 3 is 2.44 bits per heavy atom. The summed E-state index contributed by atoms with van der Waals surface area (Å²) in [5.41, 5.74) is -1.59. The highest BCUT2D eigenvalue weighted by molar-refractivity contribution is 5.46. The monoisotopic (exact) mass is 223 g/mol. The van der Waals surface area contributed by atoms with Crippen LogP contribution in [0.5, 0.6) is 0 Å². The zero-order valence-corrected chi connectivity index (χ0v) is 8.17. The van der Waals surface area contributed by atoms with Gasteiger partial charge in [-0.2, -0.15) is 4.39 Å². The first-order chi connectivity index (χ1) is 7.50. The van der Waals surface area contributed by atoms with Crippen molar-refractivity contribution < 1.29 is 13.7 Å². The normalized spacial score (nSPS) is 16.6. The maximum atomic E-state index is 13.5. The predicted octanol–water partition coefficient (Wildman–Crippen LogP) is 2.54. The zero-order valence-electron chi connectivity index (χ0n) is 8.17. The van der Waals surface area contributed by atoms with Gasteiger partial charge in [0.2, 0.25) is 5.82 Å². The van der Waals surface area contributed by atoms with E-state index >= 15 is 0 Å². The number of hydrogen-bond acceptors (Lipinski definition) is 2. The van der Waals surface area contributed by atoms with Crippen LogP contribution in [0.25, 0.3) is 0 Å². The Labute approximate surface area is 90.2 Å². The van der Waals surface area contributed by atoms with Gasteiger partial charge in [-0.1, -0.05) is 5.92 Å². The molecule has 1 aromatic carbocycles. The van der Waals surface area contributed by atoms with E-state index in [0.29, 0.717) is 18.9 Å². The molecule has 0 bridgehead atoms. The summed E-state index contributed by atoms with van der Waals surface area (Å²) >= 11 is 0. The summed E-state index contributed by atoms with van der Waals surface area (Å²) in [5, 5.41) is 10.4. The second-order valence-electron chi connectivity index (χ2n) is 3.77. The van der Waals surface area contributed by atoms with Crippen molar-refractivity contribution in [3.63, 3.8) is 0 Å². The van der Waals surface area contributed by atoms with E-state index in [4.69, 9.17) is 6.42 Å². The average molecular weight is 223 g/mol. The van der Waals surface area contributed by atoms with Gasteiger partial charge in [-0.05, 0) is 18.9 Å². The number of nitrogens with zero attached hydrogens (tertiary/aromatic N) is 1. The van der Waals surface area contributed by atoms with E-state index in [0.717, 1.165) is 6.07 Å². The molecule has 3 nitrogen and oxygen atoms in total. The van der Waals surface area contributed by atoms with E-state index in [-0.39, 0.29) is 5.56 Å². The molecule has 1 aromatic rings. The summed E-state index contributed by atoms with van der Waals surface area (Å²) in [5.74, 6) is 0.540. The lowest BCUT2D eigenvalue weighted by Crippen LogP contribution is -2.08. The molecule has 1 aliphatic carbocycles. The molecule has 0 aliphatic heterocycles. The first-order valence-corrected chi connectivity index (χ1v) is 4.62. The van der Waals surface area contributed by atoms with Gasteiger partial charge in [-0.3, -0.25) is 10.1 Å². The van der Waals surface area contributed by atoms with Gasteiger partial charge in [-0.25, -0.2) is 4.39 Å². The van der Waals surface area contributed by atoms with Crippen molar-refractivity contribution in [3.05, 3.63) is 39.4 Å². The first-order valence-electron chi connectivity index (χ1n) is 4.62. The Hall–Kier alpha value is -1.96. The van der Waals surface area contributed by atoms with Gasteiger partial charge in [0.25, 0.3) is 0 Å². The van der Waals surface area contributed by atoms with Gasteiger partial charge in [0.1, 0.15) is 5.82 Å². The number of hydrogen-bond donors (Lipinski definition) is 0. The smallest absolute Gasteiger partial charge is 0.258 e. The Balaban J connectivity index is 2.56. The van der Waals surface area contributed by atoms with E-state index in [1.54, 1.807) is 0 Å². The van der Waals surface area contributed by atoms with Crippen LogP contribution >= 0.6 is 0 Å². The van der Waals surface area contributed by atoms with Crippen LogP contribution in [-0.2, 0) is 5.41 Å². The van der Waals surface area contributed by atoms with Crippen LogP contribution in [0.3, 0.4) is 0 Å². The highest BCUT2D eigenvalue weighted by Gasteiger charge is 2.45. The average Bonchev–Trinajstić information content (AvgIpc) is 3.01. The lowest BCUT2D eigenvalue weighted by atomic mass is 9.96. The molecule has 0 radical (unpaired) electrons.